The topological polar surface area (TPSA) is 53.7 Å². The molecule has 0 saturated carbocycles. The Balaban J connectivity index is 1.98. The van der Waals surface area contributed by atoms with Crippen LogP contribution in [-0.4, -0.2) is 19.9 Å². The van der Waals surface area contributed by atoms with Crippen molar-refractivity contribution in [3.05, 3.63) is 30.1 Å². The summed E-state index contributed by atoms with van der Waals surface area (Å²) in [5.41, 5.74) is 5.16. The molecule has 0 radical (unpaired) electrons. The molecule has 0 atom stereocenters. The van der Waals surface area contributed by atoms with Crippen molar-refractivity contribution in [2.24, 2.45) is 5.73 Å². The van der Waals surface area contributed by atoms with Crippen molar-refractivity contribution in [2.45, 2.75) is 0 Å². The molecule has 1 aliphatic rings. The number of rotatable bonds is 4. The standard InChI is InChI=1S/C11H12FNO3/c12-8(3-4-13)6-14-9-1-2-10-11(5-9)16-7-15-10/h1-3,5H,4,6-7,13H2/b8-3-. The smallest absolute Gasteiger partial charge is 0.231 e. The van der Waals surface area contributed by atoms with Gasteiger partial charge in [0.15, 0.2) is 11.5 Å². The first-order valence-corrected chi connectivity index (χ1v) is 4.86. The molecule has 1 heterocycles. The van der Waals surface area contributed by atoms with Crippen molar-refractivity contribution in [1.29, 1.82) is 0 Å². The van der Waals surface area contributed by atoms with Crippen LogP contribution in [0.1, 0.15) is 0 Å². The Morgan fingerprint density at radius 1 is 1.44 bits per heavy atom. The molecule has 0 amide bonds. The van der Waals surface area contributed by atoms with Crippen molar-refractivity contribution >= 4 is 0 Å². The van der Waals surface area contributed by atoms with E-state index in [9.17, 15) is 4.39 Å². The number of hydrogen-bond donors (Lipinski definition) is 1. The number of halogens is 1. The fraction of sp³-hybridized carbons (Fsp3) is 0.273. The van der Waals surface area contributed by atoms with Gasteiger partial charge in [-0.15, -0.1) is 0 Å². The van der Waals surface area contributed by atoms with Crippen LogP contribution in [0.4, 0.5) is 4.39 Å². The summed E-state index contributed by atoms with van der Waals surface area (Å²) in [6.45, 7) is 0.243. The van der Waals surface area contributed by atoms with Gasteiger partial charge in [-0.25, -0.2) is 4.39 Å². The second kappa shape index (κ2) is 4.85. The van der Waals surface area contributed by atoms with Gasteiger partial charge < -0.3 is 19.9 Å². The van der Waals surface area contributed by atoms with Crippen LogP contribution in [0.3, 0.4) is 0 Å². The van der Waals surface area contributed by atoms with E-state index in [1.165, 1.54) is 6.08 Å². The van der Waals surface area contributed by atoms with Crippen LogP contribution in [0, 0.1) is 0 Å². The Morgan fingerprint density at radius 3 is 3.06 bits per heavy atom. The van der Waals surface area contributed by atoms with Gasteiger partial charge in [-0.05, 0) is 18.2 Å². The van der Waals surface area contributed by atoms with Crippen molar-refractivity contribution in [1.82, 2.24) is 0 Å². The van der Waals surface area contributed by atoms with Crippen LogP contribution in [0.5, 0.6) is 17.2 Å². The van der Waals surface area contributed by atoms with Crippen LogP contribution < -0.4 is 19.9 Å². The molecular weight excluding hydrogens is 213 g/mol. The average molecular weight is 225 g/mol. The lowest BCUT2D eigenvalue weighted by atomic mass is 10.3. The number of nitrogens with two attached hydrogens (primary N) is 1. The Labute approximate surface area is 92.4 Å². The van der Waals surface area contributed by atoms with Gasteiger partial charge in [0.1, 0.15) is 18.2 Å². The van der Waals surface area contributed by atoms with E-state index in [0.717, 1.165) is 0 Å². The van der Waals surface area contributed by atoms with Crippen molar-refractivity contribution in [2.75, 3.05) is 19.9 Å². The van der Waals surface area contributed by atoms with Crippen LogP contribution >= 0.6 is 0 Å². The molecule has 0 aliphatic carbocycles. The monoisotopic (exact) mass is 225 g/mol. The van der Waals surface area contributed by atoms with E-state index in [1.807, 2.05) is 0 Å². The molecule has 0 fully saturated rings. The predicted molar refractivity (Wildman–Crippen MR) is 56.3 cm³/mol. The zero-order valence-corrected chi connectivity index (χ0v) is 8.61. The Hall–Kier alpha value is -1.75. The highest BCUT2D eigenvalue weighted by atomic mass is 19.1. The van der Waals surface area contributed by atoms with Crippen molar-refractivity contribution in [3.63, 3.8) is 0 Å². The summed E-state index contributed by atoms with van der Waals surface area (Å²) in [5.74, 6) is 1.43. The Bertz CT molecular complexity index is 406. The van der Waals surface area contributed by atoms with Gasteiger partial charge in [0, 0.05) is 12.6 Å². The third kappa shape index (κ3) is 2.43. The first kappa shape index (κ1) is 10.8. The lowest BCUT2D eigenvalue weighted by Gasteiger charge is -2.05. The zero-order valence-electron chi connectivity index (χ0n) is 8.61. The number of fused-ring (bicyclic) bond motifs is 1. The molecule has 0 saturated heterocycles. The van der Waals surface area contributed by atoms with Gasteiger partial charge in [0.05, 0.1) is 0 Å². The summed E-state index contributed by atoms with van der Waals surface area (Å²) in [5, 5.41) is 0. The van der Waals surface area contributed by atoms with E-state index < -0.39 is 0 Å². The molecule has 4 nitrogen and oxygen atoms in total. The van der Waals surface area contributed by atoms with E-state index >= 15 is 0 Å². The van der Waals surface area contributed by atoms with Crippen molar-refractivity contribution in [3.8, 4) is 17.2 Å². The van der Waals surface area contributed by atoms with Gasteiger partial charge in [-0.3, -0.25) is 0 Å². The van der Waals surface area contributed by atoms with Crippen LogP contribution in [0.15, 0.2) is 30.1 Å². The average Bonchev–Trinajstić information content (AvgIpc) is 2.74. The van der Waals surface area contributed by atoms with E-state index in [1.54, 1.807) is 18.2 Å². The molecule has 2 N–H and O–H groups in total. The van der Waals surface area contributed by atoms with Gasteiger partial charge in [-0.2, -0.15) is 0 Å². The summed E-state index contributed by atoms with van der Waals surface area (Å²) < 4.78 is 28.5. The second-order valence-electron chi connectivity index (χ2n) is 3.19. The van der Waals surface area contributed by atoms with Gasteiger partial charge in [0.2, 0.25) is 6.79 Å². The van der Waals surface area contributed by atoms with Crippen LogP contribution in [-0.2, 0) is 0 Å². The lowest BCUT2D eigenvalue weighted by Crippen LogP contribution is -2.01. The molecule has 0 bridgehead atoms. The van der Waals surface area contributed by atoms with E-state index in [4.69, 9.17) is 19.9 Å². The summed E-state index contributed by atoms with van der Waals surface area (Å²) in [6.07, 6.45) is 1.27. The Morgan fingerprint density at radius 2 is 2.25 bits per heavy atom. The van der Waals surface area contributed by atoms with E-state index in [-0.39, 0.29) is 25.8 Å². The number of ether oxygens (including phenoxy) is 3. The third-order valence-electron chi connectivity index (χ3n) is 2.06. The quantitative estimate of drug-likeness (QED) is 0.845. The number of benzene rings is 1. The molecule has 1 aromatic carbocycles. The Kier molecular flexibility index (Phi) is 3.26. The molecule has 16 heavy (non-hydrogen) atoms. The van der Waals surface area contributed by atoms with Crippen LogP contribution in [0.2, 0.25) is 0 Å². The second-order valence-corrected chi connectivity index (χ2v) is 3.19. The van der Waals surface area contributed by atoms with Crippen LogP contribution in [0.25, 0.3) is 0 Å². The molecule has 86 valence electrons. The van der Waals surface area contributed by atoms with E-state index in [0.29, 0.717) is 17.2 Å². The first-order chi connectivity index (χ1) is 7.79. The minimum absolute atomic E-state index is 0.128. The first-order valence-electron chi connectivity index (χ1n) is 4.86. The molecular formula is C11H12FNO3. The highest BCUT2D eigenvalue weighted by molar-refractivity contribution is 5.46. The molecule has 2 rings (SSSR count). The van der Waals surface area contributed by atoms with Gasteiger partial charge in [0.25, 0.3) is 0 Å². The summed E-state index contributed by atoms with van der Waals surface area (Å²) >= 11 is 0. The van der Waals surface area contributed by atoms with Gasteiger partial charge in [-0.1, -0.05) is 0 Å². The minimum atomic E-state index is -0.389. The maximum atomic E-state index is 13.0. The minimum Gasteiger partial charge on any atom is -0.486 e. The highest BCUT2D eigenvalue weighted by Gasteiger charge is 2.13. The maximum Gasteiger partial charge on any atom is 0.231 e. The summed E-state index contributed by atoms with van der Waals surface area (Å²) in [6, 6.07) is 5.09. The van der Waals surface area contributed by atoms with Crippen molar-refractivity contribution < 1.29 is 18.6 Å². The molecule has 1 aliphatic heterocycles. The maximum absolute atomic E-state index is 13.0. The molecule has 5 heteroatoms. The SMILES string of the molecule is NC/C=C(\F)COc1ccc2c(c1)OCO2. The molecule has 0 aromatic heterocycles. The molecule has 1 aromatic rings. The normalized spacial score (nSPS) is 14.0. The molecule has 0 spiro atoms. The predicted octanol–water partition coefficient (Wildman–Crippen LogP) is 1.61. The summed E-state index contributed by atoms with van der Waals surface area (Å²) in [7, 11) is 0. The van der Waals surface area contributed by atoms with E-state index in [2.05, 4.69) is 0 Å². The van der Waals surface area contributed by atoms with Gasteiger partial charge >= 0.3 is 0 Å². The lowest BCUT2D eigenvalue weighted by molar-refractivity contribution is 0.173. The zero-order chi connectivity index (χ0) is 11.4. The largest absolute Gasteiger partial charge is 0.486 e. The fourth-order valence-electron chi connectivity index (χ4n) is 1.31. The highest BCUT2D eigenvalue weighted by Crippen LogP contribution is 2.35. The summed E-state index contributed by atoms with van der Waals surface area (Å²) in [4.78, 5) is 0. The third-order valence-corrected chi connectivity index (χ3v) is 2.06. The number of hydrogen-bond acceptors (Lipinski definition) is 4. The fourth-order valence-corrected chi connectivity index (χ4v) is 1.31. The molecule has 0 unspecified atom stereocenters.